The maximum atomic E-state index is 11.9. The molecule has 0 aliphatic heterocycles. The Bertz CT molecular complexity index is 531. The lowest BCUT2D eigenvalue weighted by molar-refractivity contribution is -0.385. The van der Waals surface area contributed by atoms with Crippen molar-refractivity contribution in [3.8, 4) is 0 Å². The fourth-order valence-corrected chi connectivity index (χ4v) is 1.94. The molecule has 1 heterocycles. The molecule has 2 N–H and O–H groups in total. The minimum atomic E-state index is -0.733. The van der Waals surface area contributed by atoms with Crippen LogP contribution in [0.4, 0.5) is 5.69 Å². The van der Waals surface area contributed by atoms with Gasteiger partial charge in [0, 0.05) is 18.2 Å². The van der Waals surface area contributed by atoms with Crippen molar-refractivity contribution in [1.29, 1.82) is 0 Å². The van der Waals surface area contributed by atoms with Gasteiger partial charge in [-0.05, 0) is 18.9 Å². The van der Waals surface area contributed by atoms with Crippen LogP contribution in [0.25, 0.3) is 0 Å². The minimum absolute atomic E-state index is 0.00747. The number of nitrogens with one attached hydrogen (secondary N) is 1. The molecule has 0 bridgehead atoms. The smallest absolute Gasteiger partial charge is 0.319 e. The first-order chi connectivity index (χ1) is 8.99. The van der Waals surface area contributed by atoms with Gasteiger partial charge in [-0.2, -0.15) is 0 Å². The number of aliphatic hydroxyl groups excluding tert-OH is 1. The number of rotatable bonds is 5. The van der Waals surface area contributed by atoms with Crippen molar-refractivity contribution in [2.45, 2.75) is 12.8 Å². The molecule has 0 saturated heterocycles. The third-order valence-corrected chi connectivity index (χ3v) is 3.50. The molecule has 0 aromatic carbocycles. The summed E-state index contributed by atoms with van der Waals surface area (Å²) in [6.07, 6.45) is 2.91. The molecule has 1 aromatic heterocycles. The van der Waals surface area contributed by atoms with Gasteiger partial charge in [-0.1, -0.05) is 11.6 Å². The second-order valence-electron chi connectivity index (χ2n) is 4.60. The van der Waals surface area contributed by atoms with Crippen molar-refractivity contribution in [3.05, 3.63) is 33.1 Å². The Kier molecular flexibility index (Phi) is 3.68. The van der Waals surface area contributed by atoms with E-state index in [0.29, 0.717) is 6.54 Å². The number of hydrogen-bond acceptors (Lipinski definition) is 5. The summed E-state index contributed by atoms with van der Waals surface area (Å²) in [4.78, 5) is 25.7. The van der Waals surface area contributed by atoms with Gasteiger partial charge in [0.15, 0.2) is 0 Å². The highest BCUT2D eigenvalue weighted by molar-refractivity contribution is 6.32. The summed E-state index contributed by atoms with van der Waals surface area (Å²) >= 11 is 5.63. The van der Waals surface area contributed by atoms with Crippen molar-refractivity contribution in [3.63, 3.8) is 0 Å². The molecule has 7 nitrogen and oxygen atoms in total. The topological polar surface area (TPSA) is 105 Å². The van der Waals surface area contributed by atoms with Crippen molar-refractivity contribution in [1.82, 2.24) is 10.3 Å². The molecule has 1 aliphatic carbocycles. The average molecular weight is 286 g/mol. The molecular formula is C11H12ClN3O4. The quantitative estimate of drug-likeness (QED) is 0.479. The Labute approximate surface area is 113 Å². The predicted molar refractivity (Wildman–Crippen MR) is 67.0 cm³/mol. The van der Waals surface area contributed by atoms with E-state index in [1.54, 1.807) is 0 Å². The van der Waals surface area contributed by atoms with Gasteiger partial charge in [-0.25, -0.2) is 4.98 Å². The molecule has 0 atom stereocenters. The van der Waals surface area contributed by atoms with Gasteiger partial charge in [0.05, 0.1) is 11.5 Å². The maximum absolute atomic E-state index is 11.9. The summed E-state index contributed by atoms with van der Waals surface area (Å²) < 4.78 is 0. The van der Waals surface area contributed by atoms with Crippen molar-refractivity contribution in [2.75, 3.05) is 13.2 Å². The first kappa shape index (κ1) is 13.7. The highest BCUT2D eigenvalue weighted by atomic mass is 35.5. The summed E-state index contributed by atoms with van der Waals surface area (Å²) in [5.74, 6) is -0.587. The Hall–Kier alpha value is -1.73. The number of nitrogens with zero attached hydrogens (tertiary/aromatic N) is 2. The van der Waals surface area contributed by atoms with E-state index in [2.05, 4.69) is 10.3 Å². The van der Waals surface area contributed by atoms with Gasteiger partial charge in [-0.3, -0.25) is 14.9 Å². The van der Waals surface area contributed by atoms with E-state index in [-0.39, 0.29) is 22.7 Å². The van der Waals surface area contributed by atoms with Crippen molar-refractivity contribution >= 4 is 23.2 Å². The van der Waals surface area contributed by atoms with Crippen molar-refractivity contribution in [2.24, 2.45) is 5.41 Å². The molecule has 0 unspecified atom stereocenters. The minimum Gasteiger partial charge on any atom is -0.396 e. The van der Waals surface area contributed by atoms with Crippen molar-refractivity contribution < 1.29 is 14.8 Å². The Morgan fingerprint density at radius 2 is 2.32 bits per heavy atom. The van der Waals surface area contributed by atoms with Crippen LogP contribution in [0.1, 0.15) is 23.2 Å². The van der Waals surface area contributed by atoms with Crippen LogP contribution in [0.15, 0.2) is 12.3 Å². The van der Waals surface area contributed by atoms with E-state index in [1.165, 1.54) is 12.3 Å². The monoisotopic (exact) mass is 285 g/mol. The van der Waals surface area contributed by atoms with Crippen LogP contribution >= 0.6 is 11.6 Å². The van der Waals surface area contributed by atoms with Gasteiger partial charge in [0.25, 0.3) is 5.91 Å². The highest BCUT2D eigenvalue weighted by Crippen LogP contribution is 2.44. The number of carbonyl (C=O) groups is 1. The van der Waals surface area contributed by atoms with Crippen LogP contribution in [-0.2, 0) is 0 Å². The predicted octanol–water partition coefficient (Wildman–Crippen LogP) is 1.15. The molecule has 1 saturated carbocycles. The zero-order valence-corrected chi connectivity index (χ0v) is 10.7. The maximum Gasteiger partial charge on any atom is 0.319 e. The summed E-state index contributed by atoms with van der Waals surface area (Å²) in [7, 11) is 0. The molecule has 0 radical (unpaired) electrons. The summed E-state index contributed by atoms with van der Waals surface area (Å²) in [6, 6.07) is 1.25. The third-order valence-electron chi connectivity index (χ3n) is 3.22. The third kappa shape index (κ3) is 2.82. The number of pyridine rings is 1. The largest absolute Gasteiger partial charge is 0.396 e. The molecule has 1 fully saturated rings. The Balaban J connectivity index is 2.15. The number of nitro groups is 1. The number of hydrogen-bond donors (Lipinski definition) is 2. The molecule has 0 spiro atoms. The van der Waals surface area contributed by atoms with Gasteiger partial charge in [-0.15, -0.1) is 0 Å². The van der Waals surface area contributed by atoms with E-state index >= 15 is 0 Å². The first-order valence-electron chi connectivity index (χ1n) is 5.67. The van der Waals surface area contributed by atoms with E-state index in [4.69, 9.17) is 16.7 Å². The SMILES string of the molecule is O=C(NCC1(CO)CC1)c1ccnc(Cl)c1[N+](=O)[O-]. The lowest BCUT2D eigenvalue weighted by Crippen LogP contribution is -2.32. The number of aromatic nitrogens is 1. The van der Waals surface area contributed by atoms with E-state index in [1.807, 2.05) is 0 Å². The Morgan fingerprint density at radius 1 is 1.63 bits per heavy atom. The zero-order chi connectivity index (χ0) is 14.0. The van der Waals surface area contributed by atoms with Gasteiger partial charge >= 0.3 is 5.69 Å². The molecule has 1 aromatic rings. The number of aliphatic hydroxyl groups is 1. The van der Waals surface area contributed by atoms with Gasteiger partial charge < -0.3 is 10.4 Å². The fourth-order valence-electron chi connectivity index (χ4n) is 1.72. The highest BCUT2D eigenvalue weighted by Gasteiger charge is 2.42. The fraction of sp³-hybridized carbons (Fsp3) is 0.455. The van der Waals surface area contributed by atoms with E-state index in [9.17, 15) is 14.9 Å². The van der Waals surface area contributed by atoms with Crippen LogP contribution in [0, 0.1) is 15.5 Å². The molecule has 19 heavy (non-hydrogen) atoms. The van der Waals surface area contributed by atoms with E-state index < -0.39 is 16.5 Å². The van der Waals surface area contributed by atoms with Crippen LogP contribution < -0.4 is 5.32 Å². The lowest BCUT2D eigenvalue weighted by atomic mass is 10.1. The summed E-state index contributed by atoms with van der Waals surface area (Å²) in [5, 5.41) is 22.3. The molecular weight excluding hydrogens is 274 g/mol. The summed E-state index contributed by atoms with van der Waals surface area (Å²) in [6.45, 7) is 0.284. The van der Waals surface area contributed by atoms with Crippen LogP contribution in [0.3, 0.4) is 0 Å². The normalized spacial score (nSPS) is 15.9. The second kappa shape index (κ2) is 5.10. The van der Waals surface area contributed by atoms with Gasteiger partial charge in [0.2, 0.25) is 5.15 Å². The summed E-state index contributed by atoms with van der Waals surface area (Å²) in [5.41, 5.74) is -0.893. The van der Waals surface area contributed by atoms with Crippen LogP contribution in [0.2, 0.25) is 5.15 Å². The number of carbonyl (C=O) groups excluding carboxylic acids is 1. The number of halogens is 1. The molecule has 2 rings (SSSR count). The first-order valence-corrected chi connectivity index (χ1v) is 6.05. The zero-order valence-electron chi connectivity index (χ0n) is 9.93. The second-order valence-corrected chi connectivity index (χ2v) is 4.95. The molecule has 102 valence electrons. The lowest BCUT2D eigenvalue weighted by Gasteiger charge is -2.12. The average Bonchev–Trinajstić information content (AvgIpc) is 3.16. The number of amides is 1. The Morgan fingerprint density at radius 3 is 2.84 bits per heavy atom. The van der Waals surface area contributed by atoms with Crippen LogP contribution in [-0.4, -0.2) is 34.1 Å². The standard InChI is InChI=1S/C11H12ClN3O4/c12-9-8(15(18)19)7(1-4-13-9)10(17)14-5-11(6-16)2-3-11/h1,4,16H,2-3,5-6H2,(H,14,17). The van der Waals surface area contributed by atoms with E-state index in [0.717, 1.165) is 12.8 Å². The van der Waals surface area contributed by atoms with Crippen LogP contribution in [0.5, 0.6) is 0 Å². The molecule has 8 heteroatoms. The molecule has 1 aliphatic rings. The van der Waals surface area contributed by atoms with Gasteiger partial charge in [0.1, 0.15) is 5.56 Å². The molecule has 1 amide bonds.